The first-order chi connectivity index (χ1) is 8.96. The van der Waals surface area contributed by atoms with Gasteiger partial charge in [0.15, 0.2) is 0 Å². The van der Waals surface area contributed by atoms with E-state index in [1.54, 1.807) is 6.42 Å². The van der Waals surface area contributed by atoms with Crippen LogP contribution in [0.3, 0.4) is 0 Å². The molecule has 1 nitrogen and oxygen atoms in total. The van der Waals surface area contributed by atoms with E-state index < -0.39 is 0 Å². The maximum Gasteiger partial charge on any atom is 0.0102 e. The molecule has 5 saturated carbocycles. The van der Waals surface area contributed by atoms with E-state index in [1.165, 1.54) is 32.1 Å². The Bertz CT molecular complexity index is 455. The summed E-state index contributed by atoms with van der Waals surface area (Å²) >= 11 is 0. The van der Waals surface area contributed by atoms with Crippen LogP contribution in [-0.4, -0.2) is 6.04 Å². The first kappa shape index (κ1) is 11.6. The van der Waals surface area contributed by atoms with Crippen molar-refractivity contribution in [1.29, 1.82) is 0 Å². The van der Waals surface area contributed by atoms with Crippen LogP contribution in [0.4, 0.5) is 0 Å². The minimum atomic E-state index is 0.557. The van der Waals surface area contributed by atoms with Crippen molar-refractivity contribution in [3.8, 4) is 0 Å². The second-order valence-electron chi connectivity index (χ2n) is 9.40. The number of nitrogens with two attached hydrogens (primary N) is 1. The van der Waals surface area contributed by atoms with Crippen LogP contribution in [0, 0.1) is 45.8 Å². The number of hydrogen-bond acceptors (Lipinski definition) is 1. The third-order valence-corrected chi connectivity index (χ3v) is 9.14. The molecule has 5 rings (SSSR count). The van der Waals surface area contributed by atoms with E-state index in [4.69, 9.17) is 5.73 Å². The van der Waals surface area contributed by atoms with Crippen LogP contribution < -0.4 is 5.73 Å². The molecule has 2 N–H and O–H groups in total. The third-order valence-electron chi connectivity index (χ3n) is 9.14. The molecule has 8 unspecified atom stereocenters. The molecule has 0 aromatic carbocycles. The molecule has 0 amide bonds. The highest BCUT2D eigenvalue weighted by Crippen LogP contribution is 2.93. The van der Waals surface area contributed by atoms with E-state index in [2.05, 4.69) is 20.8 Å². The van der Waals surface area contributed by atoms with Crippen molar-refractivity contribution in [1.82, 2.24) is 0 Å². The highest BCUT2D eigenvalue weighted by atomic mass is 15.0. The molecule has 2 spiro atoms. The van der Waals surface area contributed by atoms with Gasteiger partial charge in [-0.2, -0.15) is 0 Å². The van der Waals surface area contributed by atoms with E-state index in [9.17, 15) is 0 Å². The average Bonchev–Trinajstić information content (AvgIpc) is 3.20. The summed E-state index contributed by atoms with van der Waals surface area (Å²) in [6, 6.07) is 0.557. The maximum absolute atomic E-state index is 6.50. The Hall–Kier alpha value is -0.0400. The van der Waals surface area contributed by atoms with Gasteiger partial charge in [-0.15, -0.1) is 0 Å². The van der Waals surface area contributed by atoms with Gasteiger partial charge < -0.3 is 5.73 Å². The summed E-state index contributed by atoms with van der Waals surface area (Å²) in [7, 11) is 0. The molecular weight excluding hydrogens is 230 g/mol. The van der Waals surface area contributed by atoms with Crippen LogP contribution in [0.25, 0.3) is 0 Å². The largest absolute Gasteiger partial charge is 0.327 e. The van der Waals surface area contributed by atoms with Crippen molar-refractivity contribution in [3.63, 3.8) is 0 Å². The highest BCUT2D eigenvalue weighted by Gasteiger charge is 2.89. The Balaban J connectivity index is 1.62. The van der Waals surface area contributed by atoms with Crippen LogP contribution in [0.15, 0.2) is 0 Å². The standard InChI is InChI=1S/C18H29N/c1-10-4-5-11-8-12(10)16(2,3)18(11)7-6-14(19)17-9-13(17)15(17)18/h10-15H,4-9,19H2,1-3H3. The molecular formula is C18H29N. The minimum Gasteiger partial charge on any atom is -0.327 e. The quantitative estimate of drug-likeness (QED) is 0.703. The smallest absolute Gasteiger partial charge is 0.0102 e. The fourth-order valence-corrected chi connectivity index (χ4v) is 8.11. The van der Waals surface area contributed by atoms with Gasteiger partial charge in [0.1, 0.15) is 0 Å². The average molecular weight is 259 g/mol. The van der Waals surface area contributed by atoms with Crippen molar-refractivity contribution in [2.45, 2.75) is 65.3 Å². The lowest BCUT2D eigenvalue weighted by Gasteiger charge is -2.53. The van der Waals surface area contributed by atoms with Crippen molar-refractivity contribution < 1.29 is 0 Å². The van der Waals surface area contributed by atoms with E-state index in [0.717, 1.165) is 29.6 Å². The summed E-state index contributed by atoms with van der Waals surface area (Å²) < 4.78 is 0. The molecule has 0 aliphatic heterocycles. The molecule has 5 aliphatic carbocycles. The lowest BCUT2D eigenvalue weighted by atomic mass is 9.52. The number of fused-ring (bicyclic) bond motifs is 5. The zero-order valence-corrected chi connectivity index (χ0v) is 12.8. The summed E-state index contributed by atoms with van der Waals surface area (Å²) in [5, 5.41) is 0. The van der Waals surface area contributed by atoms with Gasteiger partial charge in [0.05, 0.1) is 0 Å². The summed E-state index contributed by atoms with van der Waals surface area (Å²) in [6.45, 7) is 7.81. The lowest BCUT2D eigenvalue weighted by molar-refractivity contribution is -0.0452. The van der Waals surface area contributed by atoms with Crippen molar-refractivity contribution >= 4 is 0 Å². The summed E-state index contributed by atoms with van der Waals surface area (Å²) in [6.07, 6.45) is 8.84. The summed E-state index contributed by atoms with van der Waals surface area (Å²) in [5.41, 5.74) is 8.44. The van der Waals surface area contributed by atoms with Gasteiger partial charge in [-0.05, 0) is 77.9 Å². The second kappa shape index (κ2) is 2.93. The molecule has 19 heavy (non-hydrogen) atoms. The van der Waals surface area contributed by atoms with Crippen LogP contribution >= 0.6 is 0 Å². The molecule has 0 heterocycles. The van der Waals surface area contributed by atoms with Gasteiger partial charge >= 0.3 is 0 Å². The predicted octanol–water partition coefficient (Wildman–Crippen LogP) is 3.82. The first-order valence-corrected chi connectivity index (χ1v) is 8.72. The van der Waals surface area contributed by atoms with Crippen LogP contribution in [0.5, 0.6) is 0 Å². The van der Waals surface area contributed by atoms with Crippen LogP contribution in [-0.2, 0) is 0 Å². The molecule has 0 saturated heterocycles. The van der Waals surface area contributed by atoms with E-state index in [-0.39, 0.29) is 0 Å². The summed E-state index contributed by atoms with van der Waals surface area (Å²) in [5.74, 6) is 5.11. The minimum absolute atomic E-state index is 0.557. The first-order valence-electron chi connectivity index (χ1n) is 8.72. The van der Waals surface area contributed by atoms with Crippen LogP contribution in [0.2, 0.25) is 0 Å². The molecule has 0 aromatic rings. The zero-order valence-electron chi connectivity index (χ0n) is 12.8. The van der Waals surface area contributed by atoms with Gasteiger partial charge in [0, 0.05) is 6.04 Å². The Kier molecular flexibility index (Phi) is 1.79. The number of rotatable bonds is 0. The lowest BCUT2D eigenvalue weighted by Crippen LogP contribution is -2.50. The Morgan fingerprint density at radius 1 is 1.05 bits per heavy atom. The number of hydrogen-bond donors (Lipinski definition) is 1. The Labute approximate surface area is 117 Å². The fraction of sp³-hybridized carbons (Fsp3) is 1.00. The Morgan fingerprint density at radius 2 is 1.84 bits per heavy atom. The molecule has 5 fully saturated rings. The maximum atomic E-state index is 6.50. The van der Waals surface area contributed by atoms with E-state index >= 15 is 0 Å². The van der Waals surface area contributed by atoms with Crippen molar-refractivity contribution in [2.24, 2.45) is 51.6 Å². The van der Waals surface area contributed by atoms with Gasteiger partial charge in [0.25, 0.3) is 0 Å². The van der Waals surface area contributed by atoms with E-state index in [1.807, 2.05) is 0 Å². The molecule has 0 radical (unpaired) electrons. The molecule has 1 heteroatoms. The van der Waals surface area contributed by atoms with Gasteiger partial charge in [0.2, 0.25) is 0 Å². The fourth-order valence-electron chi connectivity index (χ4n) is 8.11. The molecule has 5 aliphatic rings. The molecule has 106 valence electrons. The second-order valence-corrected chi connectivity index (χ2v) is 9.40. The Morgan fingerprint density at radius 3 is 2.53 bits per heavy atom. The normalized spacial score (nSPS) is 67.6. The third kappa shape index (κ3) is 0.962. The molecule has 2 bridgehead atoms. The highest BCUT2D eigenvalue weighted by molar-refractivity contribution is 5.38. The van der Waals surface area contributed by atoms with Crippen molar-refractivity contribution in [2.75, 3.05) is 0 Å². The van der Waals surface area contributed by atoms with Gasteiger partial charge in [-0.25, -0.2) is 0 Å². The molecule has 8 atom stereocenters. The van der Waals surface area contributed by atoms with E-state index in [0.29, 0.717) is 22.3 Å². The SMILES string of the molecule is CC1CCC2CC1C(C)(C)C21CCC(N)C23CC2C31. The topological polar surface area (TPSA) is 26.0 Å². The monoisotopic (exact) mass is 259 g/mol. The molecule has 0 aromatic heterocycles. The van der Waals surface area contributed by atoms with Gasteiger partial charge in [-0.1, -0.05) is 27.2 Å². The summed E-state index contributed by atoms with van der Waals surface area (Å²) in [4.78, 5) is 0. The predicted molar refractivity (Wildman–Crippen MR) is 77.4 cm³/mol. The van der Waals surface area contributed by atoms with Gasteiger partial charge in [-0.3, -0.25) is 0 Å². The van der Waals surface area contributed by atoms with Crippen molar-refractivity contribution in [3.05, 3.63) is 0 Å². The zero-order chi connectivity index (χ0) is 13.2. The van der Waals surface area contributed by atoms with Crippen LogP contribution in [0.1, 0.15) is 59.3 Å².